The van der Waals surface area contributed by atoms with Crippen molar-refractivity contribution in [3.8, 4) is 0 Å². The van der Waals surface area contributed by atoms with E-state index in [1.54, 1.807) is 7.11 Å². The normalized spacial score (nSPS) is 38.2. The first-order valence-corrected chi connectivity index (χ1v) is 6.80. The van der Waals surface area contributed by atoms with E-state index in [1.165, 1.54) is 5.75 Å². The standard InChI is InChI=1S/C4H9OPS2/c1-4-3-7-6(5-2)8-4/h4H,3H2,1-2H3/t4-,6+/m1/s1. The van der Waals surface area contributed by atoms with Crippen LogP contribution in [0.2, 0.25) is 0 Å². The Bertz CT molecular complexity index is 80.4. The number of rotatable bonds is 1. The second kappa shape index (κ2) is 3.31. The van der Waals surface area contributed by atoms with Crippen molar-refractivity contribution in [2.75, 3.05) is 12.9 Å². The van der Waals surface area contributed by atoms with Gasteiger partial charge in [-0.05, 0) is 0 Å². The average Bonchev–Trinajstić information content (AvgIpc) is 2.14. The van der Waals surface area contributed by atoms with Gasteiger partial charge in [0.05, 0.1) is 0 Å². The van der Waals surface area contributed by atoms with Gasteiger partial charge in [-0.15, -0.1) is 0 Å². The average molecular weight is 168 g/mol. The lowest BCUT2D eigenvalue weighted by Crippen LogP contribution is -1.88. The summed E-state index contributed by atoms with van der Waals surface area (Å²) in [6.07, 6.45) is 0. The van der Waals surface area contributed by atoms with Crippen molar-refractivity contribution < 1.29 is 4.52 Å². The zero-order chi connectivity index (χ0) is 5.98. The van der Waals surface area contributed by atoms with Gasteiger partial charge in [-0.1, -0.05) is 29.7 Å². The third-order valence-electron chi connectivity index (χ3n) is 0.830. The van der Waals surface area contributed by atoms with Gasteiger partial charge in [-0.2, -0.15) is 0 Å². The van der Waals surface area contributed by atoms with E-state index < -0.39 is 0 Å². The van der Waals surface area contributed by atoms with Crippen LogP contribution in [0.15, 0.2) is 0 Å². The molecular formula is C4H9OPS2. The lowest BCUT2D eigenvalue weighted by atomic mass is 10.6. The smallest absolute Gasteiger partial charge is 0.151 e. The van der Waals surface area contributed by atoms with Crippen LogP contribution >= 0.6 is 29.3 Å². The number of hydrogen-bond donors (Lipinski definition) is 0. The molecule has 4 heteroatoms. The summed E-state index contributed by atoms with van der Waals surface area (Å²) in [7, 11) is 1.80. The maximum Gasteiger partial charge on any atom is 0.151 e. The van der Waals surface area contributed by atoms with Crippen molar-refractivity contribution in [1.29, 1.82) is 0 Å². The van der Waals surface area contributed by atoms with Crippen LogP contribution in [0.1, 0.15) is 6.92 Å². The van der Waals surface area contributed by atoms with Gasteiger partial charge in [0.2, 0.25) is 0 Å². The Hall–Kier alpha value is 1.09. The van der Waals surface area contributed by atoms with E-state index in [1.807, 2.05) is 22.8 Å². The van der Waals surface area contributed by atoms with Crippen molar-refractivity contribution >= 4 is 29.3 Å². The summed E-state index contributed by atoms with van der Waals surface area (Å²) in [5.74, 6) is 1.27. The minimum atomic E-state index is -0.149. The van der Waals surface area contributed by atoms with Gasteiger partial charge in [0.15, 0.2) is 6.55 Å². The molecule has 1 fully saturated rings. The van der Waals surface area contributed by atoms with Crippen molar-refractivity contribution in [1.82, 2.24) is 0 Å². The van der Waals surface area contributed by atoms with Gasteiger partial charge >= 0.3 is 0 Å². The highest BCUT2D eigenvalue weighted by atomic mass is 33.1. The second-order valence-corrected chi connectivity index (χ2v) is 8.13. The van der Waals surface area contributed by atoms with E-state index in [2.05, 4.69) is 6.92 Å². The fraction of sp³-hybridized carbons (Fsp3) is 1.00. The van der Waals surface area contributed by atoms with Gasteiger partial charge in [0.1, 0.15) is 0 Å². The predicted molar refractivity (Wildman–Crippen MR) is 43.4 cm³/mol. The Balaban J connectivity index is 2.22. The molecule has 1 aliphatic rings. The highest BCUT2D eigenvalue weighted by Gasteiger charge is 2.22. The Morgan fingerprint density at radius 1 is 1.75 bits per heavy atom. The van der Waals surface area contributed by atoms with Crippen LogP contribution in [0, 0.1) is 0 Å². The molecule has 2 atom stereocenters. The maximum absolute atomic E-state index is 5.17. The first-order chi connectivity index (χ1) is 3.83. The summed E-state index contributed by atoms with van der Waals surface area (Å²) in [4.78, 5) is 0. The summed E-state index contributed by atoms with van der Waals surface area (Å²) in [5, 5.41) is 0.811. The molecule has 48 valence electrons. The van der Waals surface area contributed by atoms with E-state index >= 15 is 0 Å². The minimum Gasteiger partial charge on any atom is -0.342 e. The topological polar surface area (TPSA) is 9.23 Å². The Morgan fingerprint density at radius 2 is 2.50 bits per heavy atom. The summed E-state index contributed by atoms with van der Waals surface area (Å²) in [6.45, 7) is 2.10. The van der Waals surface area contributed by atoms with E-state index in [0.717, 1.165) is 5.25 Å². The monoisotopic (exact) mass is 168 g/mol. The van der Waals surface area contributed by atoms with Crippen LogP contribution in [0.3, 0.4) is 0 Å². The minimum absolute atomic E-state index is 0.149. The molecule has 0 amide bonds. The highest BCUT2D eigenvalue weighted by Crippen LogP contribution is 2.68. The summed E-state index contributed by atoms with van der Waals surface area (Å²) in [6, 6.07) is 0. The van der Waals surface area contributed by atoms with Crippen LogP contribution in [0.25, 0.3) is 0 Å². The Kier molecular flexibility index (Phi) is 2.98. The van der Waals surface area contributed by atoms with Crippen LogP contribution in [-0.2, 0) is 4.52 Å². The summed E-state index contributed by atoms with van der Waals surface area (Å²) >= 11 is 3.93. The molecule has 1 nitrogen and oxygen atoms in total. The molecular weight excluding hydrogens is 159 g/mol. The van der Waals surface area contributed by atoms with Crippen LogP contribution < -0.4 is 0 Å². The molecule has 0 aliphatic carbocycles. The fourth-order valence-electron chi connectivity index (χ4n) is 0.469. The molecule has 8 heavy (non-hydrogen) atoms. The molecule has 0 unspecified atom stereocenters. The van der Waals surface area contributed by atoms with Crippen LogP contribution in [0.5, 0.6) is 0 Å². The van der Waals surface area contributed by atoms with Crippen molar-refractivity contribution in [3.05, 3.63) is 0 Å². The first-order valence-electron chi connectivity index (χ1n) is 2.47. The molecule has 0 saturated carbocycles. The van der Waals surface area contributed by atoms with E-state index in [-0.39, 0.29) is 6.55 Å². The SMILES string of the molecule is CO[P@@]1SC[C@@H](C)S1. The van der Waals surface area contributed by atoms with Gasteiger partial charge in [-0.3, -0.25) is 0 Å². The van der Waals surface area contributed by atoms with Gasteiger partial charge in [-0.25, -0.2) is 0 Å². The molecule has 0 bridgehead atoms. The molecule has 0 radical (unpaired) electrons. The lowest BCUT2D eigenvalue weighted by molar-refractivity contribution is 0.482. The lowest BCUT2D eigenvalue weighted by Gasteiger charge is -2.01. The molecule has 0 N–H and O–H groups in total. The zero-order valence-electron chi connectivity index (χ0n) is 4.96. The van der Waals surface area contributed by atoms with Crippen LogP contribution in [-0.4, -0.2) is 18.1 Å². The van der Waals surface area contributed by atoms with Crippen molar-refractivity contribution in [2.24, 2.45) is 0 Å². The molecule has 0 aromatic carbocycles. The third kappa shape index (κ3) is 1.80. The predicted octanol–water partition coefficient (Wildman–Crippen LogP) is 2.73. The second-order valence-electron chi connectivity index (χ2n) is 1.62. The van der Waals surface area contributed by atoms with Gasteiger partial charge in [0.25, 0.3) is 0 Å². The Labute approximate surface area is 59.3 Å². The van der Waals surface area contributed by atoms with Crippen molar-refractivity contribution in [2.45, 2.75) is 12.2 Å². The van der Waals surface area contributed by atoms with E-state index in [9.17, 15) is 0 Å². The molecule has 0 aromatic rings. The van der Waals surface area contributed by atoms with E-state index in [4.69, 9.17) is 4.52 Å². The van der Waals surface area contributed by atoms with Crippen molar-refractivity contribution in [3.63, 3.8) is 0 Å². The Morgan fingerprint density at radius 3 is 2.75 bits per heavy atom. The molecule has 0 aromatic heterocycles. The third-order valence-corrected chi connectivity index (χ3v) is 8.19. The molecule has 1 rings (SSSR count). The zero-order valence-corrected chi connectivity index (χ0v) is 7.48. The molecule has 1 aliphatic heterocycles. The molecule has 0 spiro atoms. The summed E-state index contributed by atoms with van der Waals surface area (Å²) < 4.78 is 5.17. The quantitative estimate of drug-likeness (QED) is 0.557. The van der Waals surface area contributed by atoms with Crippen LogP contribution in [0.4, 0.5) is 0 Å². The van der Waals surface area contributed by atoms with Gasteiger partial charge < -0.3 is 4.52 Å². The highest BCUT2D eigenvalue weighted by molar-refractivity contribution is 8.88. The molecule has 1 heterocycles. The molecule has 1 saturated heterocycles. The van der Waals surface area contributed by atoms with E-state index in [0.29, 0.717) is 0 Å². The largest absolute Gasteiger partial charge is 0.342 e. The summed E-state index contributed by atoms with van der Waals surface area (Å²) in [5.41, 5.74) is 0. The fourth-order valence-corrected chi connectivity index (χ4v) is 7.74. The number of hydrogen-bond acceptors (Lipinski definition) is 3. The first kappa shape index (κ1) is 7.20. The van der Waals surface area contributed by atoms with Gasteiger partial charge in [0, 0.05) is 18.1 Å². The maximum atomic E-state index is 5.17.